The van der Waals surface area contributed by atoms with Gasteiger partial charge in [0, 0.05) is 6.61 Å². The van der Waals surface area contributed by atoms with Crippen LogP contribution in [-0.4, -0.2) is 24.3 Å². The maximum Gasteiger partial charge on any atom is 0.234 e. The highest BCUT2D eigenvalue weighted by Gasteiger charge is 1.97. The molecule has 0 aliphatic carbocycles. The van der Waals surface area contributed by atoms with Gasteiger partial charge in [-0.25, -0.2) is 9.79 Å². The molecule has 0 aromatic rings. The lowest BCUT2D eigenvalue weighted by Gasteiger charge is -2.05. The number of rotatable bonds is 36. The Hall–Kier alpha value is -0.660. The molecule has 0 radical (unpaired) electrons. The highest BCUT2D eigenvalue weighted by molar-refractivity contribution is 5.32. The van der Waals surface area contributed by atoms with E-state index in [2.05, 4.69) is 4.99 Å². The van der Waals surface area contributed by atoms with Crippen LogP contribution in [0.1, 0.15) is 218 Å². The van der Waals surface area contributed by atoms with E-state index >= 15 is 0 Å². The summed E-state index contributed by atoms with van der Waals surface area (Å²) in [5, 5.41) is 8.79. The van der Waals surface area contributed by atoms with E-state index in [1.165, 1.54) is 205 Å². The number of aliphatic hydroxyl groups is 1. The molecule has 0 aromatic carbocycles. The maximum absolute atomic E-state index is 9.99. The van der Waals surface area contributed by atoms with Gasteiger partial charge in [-0.2, -0.15) is 0 Å². The molecule has 238 valence electrons. The summed E-state index contributed by atoms with van der Waals surface area (Å²) in [6.07, 6.45) is 49.1. The first kappa shape index (κ1) is 39.3. The number of unbranched alkanes of at least 4 members (excludes halogenated alkanes) is 33. The summed E-state index contributed by atoms with van der Waals surface area (Å²) in [7, 11) is 0. The van der Waals surface area contributed by atoms with Crippen molar-refractivity contribution >= 4 is 6.08 Å². The van der Waals surface area contributed by atoms with E-state index in [9.17, 15) is 4.79 Å². The van der Waals surface area contributed by atoms with Gasteiger partial charge in [0.15, 0.2) is 0 Å². The van der Waals surface area contributed by atoms with E-state index in [4.69, 9.17) is 5.11 Å². The third-order valence-electron chi connectivity index (χ3n) is 8.74. The monoisotopic (exact) mass is 564 g/mol. The fourth-order valence-corrected chi connectivity index (χ4v) is 6.01. The predicted molar refractivity (Wildman–Crippen MR) is 177 cm³/mol. The van der Waals surface area contributed by atoms with Gasteiger partial charge in [-0.15, -0.1) is 0 Å². The van der Waals surface area contributed by atoms with Crippen LogP contribution in [0.5, 0.6) is 0 Å². The molecule has 0 aromatic heterocycles. The van der Waals surface area contributed by atoms with E-state index in [1.807, 2.05) is 0 Å². The van der Waals surface area contributed by atoms with Crippen molar-refractivity contribution in [3.8, 4) is 0 Å². The summed E-state index contributed by atoms with van der Waals surface area (Å²) in [4.78, 5) is 13.6. The van der Waals surface area contributed by atoms with E-state index in [0.717, 1.165) is 12.8 Å². The van der Waals surface area contributed by atoms with Gasteiger partial charge in [-0.05, 0) is 12.8 Å². The molecule has 0 unspecified atom stereocenters. The first-order valence-corrected chi connectivity index (χ1v) is 18.6. The molecule has 0 bridgehead atoms. The Bertz CT molecular complexity index is 489. The Morgan fingerprint density at radius 2 is 0.475 bits per heavy atom. The smallest absolute Gasteiger partial charge is 0.234 e. The van der Waals surface area contributed by atoms with Gasteiger partial charge >= 0.3 is 0 Å². The average molecular weight is 564 g/mol. The van der Waals surface area contributed by atoms with Crippen LogP contribution in [0.25, 0.3) is 0 Å². The molecule has 0 fully saturated rings. The SMILES string of the molecule is O=C=NCCCCCCCCCCCCCCCCCCCCCCCCCCCCCCCCCCCCO. The van der Waals surface area contributed by atoms with E-state index in [-0.39, 0.29) is 0 Å². The maximum atomic E-state index is 9.99. The zero-order chi connectivity index (χ0) is 28.9. The summed E-state index contributed by atoms with van der Waals surface area (Å²) in [5.41, 5.74) is 0. The largest absolute Gasteiger partial charge is 0.396 e. The van der Waals surface area contributed by atoms with E-state index < -0.39 is 0 Å². The zero-order valence-corrected chi connectivity index (χ0v) is 27.3. The van der Waals surface area contributed by atoms with Gasteiger partial charge in [0.1, 0.15) is 0 Å². The van der Waals surface area contributed by atoms with Crippen molar-refractivity contribution < 1.29 is 9.90 Å². The standard InChI is InChI=1S/C37H73NO2/c39-36-34-32-30-28-26-24-22-20-18-16-14-12-10-8-6-4-2-1-3-5-7-9-11-13-15-17-19-21-23-25-27-29-31-33-35-38-37-40/h39H,1-36H2. The zero-order valence-electron chi connectivity index (χ0n) is 27.3. The van der Waals surface area contributed by atoms with Crippen LogP contribution in [0.15, 0.2) is 4.99 Å². The van der Waals surface area contributed by atoms with Gasteiger partial charge < -0.3 is 5.11 Å². The number of aliphatic imine (C=N–C) groups is 1. The molecular formula is C37H73NO2. The molecule has 0 heterocycles. The normalized spacial score (nSPS) is 11.2. The van der Waals surface area contributed by atoms with E-state index in [0.29, 0.717) is 13.2 Å². The first-order valence-electron chi connectivity index (χ1n) is 18.6. The average Bonchev–Trinajstić information content (AvgIpc) is 2.97. The molecule has 0 aliphatic heterocycles. The Balaban J connectivity index is 3.03. The van der Waals surface area contributed by atoms with Gasteiger partial charge in [0.25, 0.3) is 0 Å². The van der Waals surface area contributed by atoms with E-state index in [1.54, 1.807) is 6.08 Å². The van der Waals surface area contributed by atoms with Crippen molar-refractivity contribution in [2.75, 3.05) is 13.2 Å². The first-order chi connectivity index (χ1) is 19.9. The van der Waals surface area contributed by atoms with Crippen LogP contribution in [0.4, 0.5) is 0 Å². The number of hydrogen-bond donors (Lipinski definition) is 1. The molecule has 0 atom stereocenters. The van der Waals surface area contributed by atoms with Crippen LogP contribution >= 0.6 is 0 Å². The third-order valence-corrected chi connectivity index (χ3v) is 8.74. The molecule has 1 N–H and O–H groups in total. The van der Waals surface area contributed by atoms with Gasteiger partial charge in [0.05, 0.1) is 6.54 Å². The number of hydrogen-bond acceptors (Lipinski definition) is 3. The second-order valence-corrected chi connectivity index (χ2v) is 12.7. The summed E-state index contributed by atoms with van der Waals surface area (Å²) < 4.78 is 0. The van der Waals surface area contributed by atoms with Crippen molar-refractivity contribution in [2.24, 2.45) is 4.99 Å². The number of aliphatic hydroxyl groups excluding tert-OH is 1. The van der Waals surface area contributed by atoms with Crippen LogP contribution in [0.2, 0.25) is 0 Å². The number of isocyanates is 1. The van der Waals surface area contributed by atoms with Crippen LogP contribution in [0.3, 0.4) is 0 Å². The summed E-state index contributed by atoms with van der Waals surface area (Å²) in [6.45, 7) is 1.04. The van der Waals surface area contributed by atoms with Crippen molar-refractivity contribution in [1.29, 1.82) is 0 Å². The minimum absolute atomic E-state index is 0.370. The minimum atomic E-state index is 0.370. The molecular weight excluding hydrogens is 490 g/mol. The van der Waals surface area contributed by atoms with Gasteiger partial charge in [-0.3, -0.25) is 0 Å². The van der Waals surface area contributed by atoms with Crippen molar-refractivity contribution in [3.63, 3.8) is 0 Å². The minimum Gasteiger partial charge on any atom is -0.396 e. The quantitative estimate of drug-likeness (QED) is 0.0468. The van der Waals surface area contributed by atoms with Crippen molar-refractivity contribution in [1.82, 2.24) is 0 Å². The fraction of sp³-hybridized carbons (Fsp3) is 0.973. The second-order valence-electron chi connectivity index (χ2n) is 12.7. The van der Waals surface area contributed by atoms with Crippen molar-refractivity contribution in [3.05, 3.63) is 0 Å². The van der Waals surface area contributed by atoms with Crippen molar-refractivity contribution in [2.45, 2.75) is 218 Å². The number of carbonyl (C=O) groups excluding carboxylic acids is 1. The highest BCUT2D eigenvalue weighted by atomic mass is 16.2. The van der Waals surface area contributed by atoms with Gasteiger partial charge in [-0.1, -0.05) is 205 Å². The van der Waals surface area contributed by atoms with Crippen LogP contribution in [-0.2, 0) is 4.79 Å². The second kappa shape index (κ2) is 38.3. The molecule has 0 saturated heterocycles. The molecule has 0 saturated carbocycles. The van der Waals surface area contributed by atoms with Crippen LogP contribution < -0.4 is 0 Å². The van der Waals surface area contributed by atoms with Gasteiger partial charge in [0.2, 0.25) is 6.08 Å². The third kappa shape index (κ3) is 37.3. The lowest BCUT2D eigenvalue weighted by atomic mass is 10.0. The Kier molecular flexibility index (Phi) is 37.7. The molecule has 0 spiro atoms. The predicted octanol–water partition coefficient (Wildman–Crippen LogP) is 12.6. The molecule has 3 nitrogen and oxygen atoms in total. The topological polar surface area (TPSA) is 49.7 Å². The summed E-state index contributed by atoms with van der Waals surface area (Å²) >= 11 is 0. The highest BCUT2D eigenvalue weighted by Crippen LogP contribution is 2.17. The number of nitrogens with zero attached hydrogens (tertiary/aromatic N) is 1. The lowest BCUT2D eigenvalue weighted by molar-refractivity contribution is 0.282. The Labute approximate surface area is 252 Å². The Morgan fingerprint density at radius 3 is 0.650 bits per heavy atom. The molecule has 3 heteroatoms. The Morgan fingerprint density at radius 1 is 0.300 bits per heavy atom. The lowest BCUT2D eigenvalue weighted by Crippen LogP contribution is -1.85. The molecule has 0 rings (SSSR count). The molecule has 0 amide bonds. The summed E-state index contributed by atoms with van der Waals surface area (Å²) in [6, 6.07) is 0. The molecule has 0 aliphatic rings. The fourth-order valence-electron chi connectivity index (χ4n) is 6.01. The van der Waals surface area contributed by atoms with Crippen LogP contribution in [0, 0.1) is 0 Å². The molecule has 40 heavy (non-hydrogen) atoms. The summed E-state index contributed by atoms with van der Waals surface area (Å²) in [5.74, 6) is 0.